The molecule has 3 nitrogen and oxygen atoms in total. The molecule has 0 aliphatic heterocycles. The molecule has 1 aliphatic rings. The number of benzene rings is 1. The van der Waals surface area contributed by atoms with Gasteiger partial charge in [-0.2, -0.15) is 0 Å². The number of carbonyl (C=O) groups is 1. The molecular weight excluding hydrogens is 224 g/mol. The molecule has 0 heterocycles. The van der Waals surface area contributed by atoms with Crippen LogP contribution in [-0.2, 0) is 11.2 Å². The van der Waals surface area contributed by atoms with Crippen molar-refractivity contribution in [1.82, 2.24) is 10.6 Å². The number of aryl methyl sites for hydroxylation is 1. The highest BCUT2D eigenvalue weighted by Gasteiger charge is 2.23. The number of hydrogen-bond acceptors (Lipinski definition) is 2. The van der Waals surface area contributed by atoms with Gasteiger partial charge in [-0.25, -0.2) is 0 Å². The van der Waals surface area contributed by atoms with Crippen molar-refractivity contribution >= 4 is 5.91 Å². The van der Waals surface area contributed by atoms with E-state index in [1.807, 2.05) is 14.0 Å². The first-order valence-corrected chi connectivity index (χ1v) is 6.81. The third-order valence-corrected chi connectivity index (χ3v) is 3.76. The van der Waals surface area contributed by atoms with Gasteiger partial charge >= 0.3 is 0 Å². The maximum absolute atomic E-state index is 12.1. The molecule has 1 aliphatic carbocycles. The molecule has 1 amide bonds. The van der Waals surface area contributed by atoms with Crippen LogP contribution in [0, 0.1) is 0 Å². The van der Waals surface area contributed by atoms with Gasteiger partial charge in [-0.1, -0.05) is 31.2 Å². The zero-order valence-electron chi connectivity index (χ0n) is 11.2. The minimum atomic E-state index is -0.0842. The third-order valence-electron chi connectivity index (χ3n) is 3.76. The van der Waals surface area contributed by atoms with Gasteiger partial charge < -0.3 is 10.6 Å². The molecule has 18 heavy (non-hydrogen) atoms. The Morgan fingerprint density at radius 1 is 1.44 bits per heavy atom. The van der Waals surface area contributed by atoms with Gasteiger partial charge in [0.25, 0.3) is 0 Å². The van der Waals surface area contributed by atoms with Gasteiger partial charge in [-0.05, 0) is 43.9 Å². The van der Waals surface area contributed by atoms with Gasteiger partial charge in [-0.3, -0.25) is 4.79 Å². The van der Waals surface area contributed by atoms with Gasteiger partial charge in [-0.15, -0.1) is 0 Å². The summed E-state index contributed by atoms with van der Waals surface area (Å²) in [5.41, 5.74) is 2.68. The average molecular weight is 246 g/mol. The molecule has 0 radical (unpaired) electrons. The number of nitrogens with one attached hydrogen (secondary N) is 2. The van der Waals surface area contributed by atoms with Crippen molar-refractivity contribution < 1.29 is 4.79 Å². The van der Waals surface area contributed by atoms with E-state index in [1.165, 1.54) is 11.1 Å². The molecule has 3 heteroatoms. The van der Waals surface area contributed by atoms with Crippen molar-refractivity contribution in [2.75, 3.05) is 7.05 Å². The summed E-state index contributed by atoms with van der Waals surface area (Å²) in [5, 5.41) is 6.23. The predicted octanol–water partition coefficient (Wildman–Crippen LogP) is 2.18. The first-order chi connectivity index (χ1) is 8.76. The molecule has 0 spiro atoms. The third kappa shape index (κ3) is 2.72. The molecule has 0 saturated heterocycles. The molecule has 2 rings (SSSR count). The van der Waals surface area contributed by atoms with Gasteiger partial charge in [0.05, 0.1) is 12.1 Å². The number of fused-ring (bicyclic) bond motifs is 1. The normalized spacial score (nSPS) is 20.0. The quantitative estimate of drug-likeness (QED) is 0.855. The Labute approximate surface area is 109 Å². The maximum atomic E-state index is 12.1. The summed E-state index contributed by atoms with van der Waals surface area (Å²) in [6, 6.07) is 8.54. The standard InChI is InChI=1S/C15H22N2O/c1-3-13(16-2)15(18)17-14-10-6-8-11-7-4-5-9-12(11)14/h4-5,7,9,13-14,16H,3,6,8,10H2,1-2H3,(H,17,18). The van der Waals surface area contributed by atoms with E-state index >= 15 is 0 Å². The van der Waals surface area contributed by atoms with Crippen LogP contribution in [0.25, 0.3) is 0 Å². The highest BCUT2D eigenvalue weighted by Crippen LogP contribution is 2.29. The second-order valence-electron chi connectivity index (χ2n) is 4.90. The van der Waals surface area contributed by atoms with Crippen molar-refractivity contribution in [1.29, 1.82) is 0 Å². The molecule has 1 aromatic rings. The Kier molecular flexibility index (Phi) is 4.37. The molecule has 2 atom stereocenters. The molecule has 2 unspecified atom stereocenters. The smallest absolute Gasteiger partial charge is 0.237 e. The highest BCUT2D eigenvalue weighted by molar-refractivity contribution is 5.82. The SMILES string of the molecule is CCC(NC)C(=O)NC1CCCc2ccccc21. The van der Waals surface area contributed by atoms with E-state index in [0.29, 0.717) is 0 Å². The minimum absolute atomic E-state index is 0.0842. The van der Waals surface area contributed by atoms with Crippen LogP contribution in [0.2, 0.25) is 0 Å². The lowest BCUT2D eigenvalue weighted by atomic mass is 9.87. The Bertz CT molecular complexity index is 413. The molecular formula is C15H22N2O. The minimum Gasteiger partial charge on any atom is -0.348 e. The fourth-order valence-electron chi connectivity index (χ4n) is 2.70. The van der Waals surface area contributed by atoms with Crippen LogP contribution in [0.4, 0.5) is 0 Å². The molecule has 1 aromatic carbocycles. The van der Waals surface area contributed by atoms with Crippen LogP contribution in [0.15, 0.2) is 24.3 Å². The second kappa shape index (κ2) is 6.01. The van der Waals surface area contributed by atoms with Crippen molar-refractivity contribution in [2.24, 2.45) is 0 Å². The summed E-state index contributed by atoms with van der Waals surface area (Å²) in [6.45, 7) is 2.02. The Hall–Kier alpha value is -1.35. The predicted molar refractivity (Wildman–Crippen MR) is 73.4 cm³/mol. The first-order valence-electron chi connectivity index (χ1n) is 6.81. The Balaban J connectivity index is 2.09. The van der Waals surface area contributed by atoms with Crippen LogP contribution in [0.5, 0.6) is 0 Å². The van der Waals surface area contributed by atoms with Crippen molar-refractivity contribution in [3.63, 3.8) is 0 Å². The Morgan fingerprint density at radius 3 is 2.94 bits per heavy atom. The summed E-state index contributed by atoms with van der Waals surface area (Å²) < 4.78 is 0. The van der Waals surface area contributed by atoms with Gasteiger partial charge in [0.2, 0.25) is 5.91 Å². The van der Waals surface area contributed by atoms with E-state index in [-0.39, 0.29) is 18.0 Å². The molecule has 0 saturated carbocycles. The topological polar surface area (TPSA) is 41.1 Å². The lowest BCUT2D eigenvalue weighted by molar-refractivity contribution is -0.124. The Morgan fingerprint density at radius 2 is 2.22 bits per heavy atom. The molecule has 2 N–H and O–H groups in total. The first kappa shape index (κ1) is 13.1. The molecule has 0 fully saturated rings. The lowest BCUT2D eigenvalue weighted by Crippen LogP contribution is -2.44. The highest BCUT2D eigenvalue weighted by atomic mass is 16.2. The molecule has 0 aromatic heterocycles. The van der Waals surface area contributed by atoms with Gasteiger partial charge in [0.1, 0.15) is 0 Å². The zero-order valence-corrected chi connectivity index (χ0v) is 11.2. The van der Waals surface area contributed by atoms with E-state index in [1.54, 1.807) is 0 Å². The largest absolute Gasteiger partial charge is 0.348 e. The summed E-state index contributed by atoms with van der Waals surface area (Å²) in [6.07, 6.45) is 4.14. The number of likely N-dealkylation sites (N-methyl/N-ethyl adjacent to an activating group) is 1. The van der Waals surface area contributed by atoms with E-state index < -0.39 is 0 Å². The van der Waals surface area contributed by atoms with Crippen LogP contribution < -0.4 is 10.6 Å². The van der Waals surface area contributed by atoms with Crippen LogP contribution >= 0.6 is 0 Å². The summed E-state index contributed by atoms with van der Waals surface area (Å²) in [5.74, 6) is 0.113. The van der Waals surface area contributed by atoms with Crippen molar-refractivity contribution in [3.05, 3.63) is 35.4 Å². The van der Waals surface area contributed by atoms with Crippen molar-refractivity contribution in [3.8, 4) is 0 Å². The monoisotopic (exact) mass is 246 g/mol. The van der Waals surface area contributed by atoms with Crippen LogP contribution in [0.3, 0.4) is 0 Å². The molecule has 0 bridgehead atoms. The van der Waals surface area contributed by atoms with E-state index in [9.17, 15) is 4.79 Å². The second-order valence-corrected chi connectivity index (χ2v) is 4.90. The summed E-state index contributed by atoms with van der Waals surface area (Å²) >= 11 is 0. The van der Waals surface area contributed by atoms with Crippen LogP contribution in [-0.4, -0.2) is 19.0 Å². The van der Waals surface area contributed by atoms with Crippen molar-refractivity contribution in [2.45, 2.75) is 44.7 Å². The zero-order chi connectivity index (χ0) is 13.0. The fraction of sp³-hybridized carbons (Fsp3) is 0.533. The lowest BCUT2D eigenvalue weighted by Gasteiger charge is -2.27. The fourth-order valence-corrected chi connectivity index (χ4v) is 2.70. The van der Waals surface area contributed by atoms with E-state index in [0.717, 1.165) is 25.7 Å². The van der Waals surface area contributed by atoms with E-state index in [2.05, 4.69) is 34.9 Å². The van der Waals surface area contributed by atoms with Gasteiger partial charge in [0, 0.05) is 0 Å². The maximum Gasteiger partial charge on any atom is 0.237 e. The number of amides is 1. The van der Waals surface area contributed by atoms with Gasteiger partial charge in [0.15, 0.2) is 0 Å². The number of carbonyl (C=O) groups excluding carboxylic acids is 1. The summed E-state index contributed by atoms with van der Waals surface area (Å²) in [7, 11) is 1.84. The van der Waals surface area contributed by atoms with Crippen LogP contribution in [0.1, 0.15) is 43.4 Å². The molecule has 98 valence electrons. The van der Waals surface area contributed by atoms with E-state index in [4.69, 9.17) is 0 Å². The number of hydrogen-bond donors (Lipinski definition) is 2. The number of rotatable bonds is 4. The summed E-state index contributed by atoms with van der Waals surface area (Å²) in [4.78, 5) is 12.1. The average Bonchev–Trinajstić information content (AvgIpc) is 2.40.